The van der Waals surface area contributed by atoms with Gasteiger partial charge < -0.3 is 14.4 Å². The molecule has 1 amide bonds. The van der Waals surface area contributed by atoms with Crippen LogP contribution in [0.3, 0.4) is 0 Å². The Hall–Kier alpha value is -2.08. The predicted octanol–water partition coefficient (Wildman–Crippen LogP) is 3.51. The van der Waals surface area contributed by atoms with Crippen molar-refractivity contribution < 1.29 is 14.3 Å². The van der Waals surface area contributed by atoms with E-state index in [1.165, 1.54) is 4.88 Å². The van der Waals surface area contributed by atoms with Crippen molar-refractivity contribution >= 4 is 17.2 Å². The van der Waals surface area contributed by atoms with E-state index in [1.807, 2.05) is 30.0 Å². The summed E-state index contributed by atoms with van der Waals surface area (Å²) in [7, 11) is 0. The molecule has 0 N–H and O–H groups in total. The van der Waals surface area contributed by atoms with E-state index >= 15 is 0 Å². The van der Waals surface area contributed by atoms with E-state index in [1.54, 1.807) is 11.3 Å². The minimum absolute atomic E-state index is 0.0204. The van der Waals surface area contributed by atoms with Gasteiger partial charge in [-0.15, -0.1) is 11.3 Å². The van der Waals surface area contributed by atoms with Gasteiger partial charge in [0, 0.05) is 23.9 Å². The molecule has 0 saturated carbocycles. The number of fused-ring (bicyclic) bond motifs is 1. The van der Waals surface area contributed by atoms with E-state index in [2.05, 4.69) is 6.92 Å². The number of nitrogens with zero attached hydrogens (tertiary/aromatic N) is 2. The first kappa shape index (κ1) is 15.4. The summed E-state index contributed by atoms with van der Waals surface area (Å²) in [5, 5.41) is 1.15. The Bertz CT molecular complexity index is 767. The lowest BCUT2D eigenvalue weighted by molar-refractivity contribution is 0.0702. The smallest absolute Gasteiger partial charge is 0.257 e. The highest BCUT2D eigenvalue weighted by atomic mass is 32.1. The number of para-hydroxylation sites is 1. The van der Waals surface area contributed by atoms with Crippen molar-refractivity contribution in [3.63, 3.8) is 0 Å². The van der Waals surface area contributed by atoms with Crippen LogP contribution in [0.5, 0.6) is 11.5 Å². The Labute approximate surface area is 145 Å². The zero-order valence-corrected chi connectivity index (χ0v) is 14.7. The van der Waals surface area contributed by atoms with E-state index < -0.39 is 0 Å². The van der Waals surface area contributed by atoms with Crippen molar-refractivity contribution in [3.8, 4) is 11.5 Å². The average Bonchev–Trinajstić information content (AvgIpc) is 3.21. The maximum atomic E-state index is 13.0. The first-order valence-electron chi connectivity index (χ1n) is 8.25. The van der Waals surface area contributed by atoms with Gasteiger partial charge in [0.15, 0.2) is 11.5 Å². The Balaban J connectivity index is 1.56. The van der Waals surface area contributed by atoms with Crippen LogP contribution in [0.1, 0.15) is 44.7 Å². The normalized spacial score (nSPS) is 19.6. The molecule has 1 saturated heterocycles. The van der Waals surface area contributed by atoms with Crippen LogP contribution in [0, 0.1) is 13.8 Å². The molecule has 4 rings (SSSR count). The van der Waals surface area contributed by atoms with Gasteiger partial charge in [-0.25, -0.2) is 4.98 Å². The number of aryl methyl sites for hydroxylation is 2. The molecule has 0 spiro atoms. The molecule has 0 unspecified atom stereocenters. The summed E-state index contributed by atoms with van der Waals surface area (Å²) in [6, 6.07) is 5.49. The molecular formula is C18H20N2O3S. The molecule has 5 nitrogen and oxygen atoms in total. The van der Waals surface area contributed by atoms with Crippen molar-refractivity contribution in [2.45, 2.75) is 32.6 Å². The number of benzene rings is 1. The molecule has 0 bridgehead atoms. The molecule has 0 aliphatic carbocycles. The fourth-order valence-electron chi connectivity index (χ4n) is 3.30. The number of carbonyl (C=O) groups excluding carboxylic acids is 1. The molecule has 1 aromatic heterocycles. The molecule has 2 aromatic rings. The van der Waals surface area contributed by atoms with Crippen molar-refractivity contribution in [2.24, 2.45) is 0 Å². The topological polar surface area (TPSA) is 51.7 Å². The SMILES string of the molecule is Cc1nc([C@@H]2CCCN(C(=O)c3cccc4c3OCO4)C2)sc1C. The number of aromatic nitrogens is 1. The number of hydrogen-bond acceptors (Lipinski definition) is 5. The fraction of sp³-hybridized carbons (Fsp3) is 0.444. The highest BCUT2D eigenvalue weighted by molar-refractivity contribution is 7.11. The second kappa shape index (κ2) is 6.09. The molecule has 3 heterocycles. The number of ether oxygens (including phenoxy) is 2. The first-order valence-corrected chi connectivity index (χ1v) is 9.07. The third kappa shape index (κ3) is 2.65. The molecule has 2 aliphatic heterocycles. The Morgan fingerprint density at radius 2 is 2.21 bits per heavy atom. The maximum absolute atomic E-state index is 13.0. The lowest BCUT2D eigenvalue weighted by Gasteiger charge is -2.32. The van der Waals surface area contributed by atoms with Crippen LogP contribution < -0.4 is 9.47 Å². The van der Waals surface area contributed by atoms with Gasteiger partial charge in [0.05, 0.1) is 16.3 Å². The zero-order chi connectivity index (χ0) is 16.7. The second-order valence-corrected chi connectivity index (χ2v) is 7.56. The Morgan fingerprint density at radius 1 is 1.33 bits per heavy atom. The van der Waals surface area contributed by atoms with Crippen LogP contribution >= 0.6 is 11.3 Å². The zero-order valence-electron chi connectivity index (χ0n) is 13.9. The number of thiazole rings is 1. The fourth-order valence-corrected chi connectivity index (χ4v) is 4.35. The number of amides is 1. The van der Waals surface area contributed by atoms with E-state index in [0.29, 0.717) is 23.0 Å². The average molecular weight is 344 g/mol. The van der Waals surface area contributed by atoms with Crippen LogP contribution in [0.25, 0.3) is 0 Å². The minimum Gasteiger partial charge on any atom is -0.454 e. The van der Waals surface area contributed by atoms with E-state index in [0.717, 1.165) is 36.6 Å². The van der Waals surface area contributed by atoms with Crippen LogP contribution in [0.2, 0.25) is 0 Å². The van der Waals surface area contributed by atoms with Gasteiger partial charge in [-0.2, -0.15) is 0 Å². The third-order valence-corrected chi connectivity index (χ3v) is 5.97. The largest absolute Gasteiger partial charge is 0.454 e. The van der Waals surface area contributed by atoms with Crippen molar-refractivity contribution in [1.29, 1.82) is 0 Å². The second-order valence-electron chi connectivity index (χ2n) is 6.32. The molecule has 1 aromatic carbocycles. The van der Waals surface area contributed by atoms with Crippen LogP contribution in [0.15, 0.2) is 18.2 Å². The predicted molar refractivity (Wildman–Crippen MR) is 92.0 cm³/mol. The summed E-state index contributed by atoms with van der Waals surface area (Å²) >= 11 is 1.76. The quantitative estimate of drug-likeness (QED) is 0.836. The summed E-state index contributed by atoms with van der Waals surface area (Å²) in [5.41, 5.74) is 1.70. The lowest BCUT2D eigenvalue weighted by Crippen LogP contribution is -2.39. The van der Waals surface area contributed by atoms with Gasteiger partial charge in [0.1, 0.15) is 0 Å². The van der Waals surface area contributed by atoms with Crippen molar-refractivity contribution in [1.82, 2.24) is 9.88 Å². The number of piperidine rings is 1. The van der Waals surface area contributed by atoms with Crippen LogP contribution in [0.4, 0.5) is 0 Å². The maximum Gasteiger partial charge on any atom is 0.257 e. The number of rotatable bonds is 2. The lowest BCUT2D eigenvalue weighted by atomic mass is 9.98. The van der Waals surface area contributed by atoms with Gasteiger partial charge in [0.25, 0.3) is 5.91 Å². The van der Waals surface area contributed by atoms with Gasteiger partial charge in [-0.05, 0) is 38.8 Å². The van der Waals surface area contributed by atoms with Crippen LogP contribution in [-0.4, -0.2) is 35.7 Å². The molecule has 126 valence electrons. The minimum atomic E-state index is 0.0204. The molecule has 24 heavy (non-hydrogen) atoms. The highest BCUT2D eigenvalue weighted by Gasteiger charge is 2.30. The molecular weight excluding hydrogens is 324 g/mol. The molecule has 1 atom stereocenters. The standard InChI is InChI=1S/C18H20N2O3S/c1-11-12(2)24-17(19-11)13-5-4-8-20(9-13)18(21)14-6-3-7-15-16(14)23-10-22-15/h3,6-7,13H,4-5,8-10H2,1-2H3/t13-/m1/s1. The monoisotopic (exact) mass is 344 g/mol. The summed E-state index contributed by atoms with van der Waals surface area (Å²) in [6.07, 6.45) is 2.09. The number of likely N-dealkylation sites (tertiary alicyclic amines) is 1. The van der Waals surface area contributed by atoms with Crippen molar-refractivity contribution in [3.05, 3.63) is 39.3 Å². The van der Waals surface area contributed by atoms with Gasteiger partial charge in [-0.1, -0.05) is 6.07 Å². The van der Waals surface area contributed by atoms with Gasteiger partial charge in [-0.3, -0.25) is 4.79 Å². The first-order chi connectivity index (χ1) is 11.6. The van der Waals surface area contributed by atoms with E-state index in [-0.39, 0.29) is 12.7 Å². The summed E-state index contributed by atoms with van der Waals surface area (Å²) in [5.74, 6) is 1.58. The summed E-state index contributed by atoms with van der Waals surface area (Å²) in [6.45, 7) is 5.83. The third-order valence-electron chi connectivity index (χ3n) is 4.73. The van der Waals surface area contributed by atoms with E-state index in [4.69, 9.17) is 14.5 Å². The molecule has 6 heteroatoms. The Kier molecular flexibility index (Phi) is 3.92. The van der Waals surface area contributed by atoms with Gasteiger partial charge >= 0.3 is 0 Å². The van der Waals surface area contributed by atoms with Gasteiger partial charge in [0.2, 0.25) is 6.79 Å². The Morgan fingerprint density at radius 3 is 3.00 bits per heavy atom. The molecule has 0 radical (unpaired) electrons. The summed E-state index contributed by atoms with van der Waals surface area (Å²) < 4.78 is 10.9. The van der Waals surface area contributed by atoms with Crippen LogP contribution in [-0.2, 0) is 0 Å². The van der Waals surface area contributed by atoms with Crippen molar-refractivity contribution in [2.75, 3.05) is 19.9 Å². The van der Waals surface area contributed by atoms with E-state index in [9.17, 15) is 4.79 Å². The molecule has 2 aliphatic rings. The summed E-state index contributed by atoms with van der Waals surface area (Å²) in [4.78, 5) is 20.9. The number of hydrogen-bond donors (Lipinski definition) is 0. The number of carbonyl (C=O) groups is 1. The molecule has 1 fully saturated rings. The highest BCUT2D eigenvalue weighted by Crippen LogP contribution is 2.37.